The number of amides is 1. The molecule has 9 heteroatoms. The van der Waals surface area contributed by atoms with Crippen molar-refractivity contribution in [2.45, 2.75) is 26.2 Å². The minimum absolute atomic E-state index is 0.107. The van der Waals surface area contributed by atoms with Gasteiger partial charge < -0.3 is 14.8 Å². The topological polar surface area (TPSA) is 81.7 Å². The van der Waals surface area contributed by atoms with E-state index in [9.17, 15) is 18.8 Å². The molecule has 28 heavy (non-hydrogen) atoms. The van der Waals surface area contributed by atoms with E-state index in [1.807, 2.05) is 0 Å². The van der Waals surface area contributed by atoms with Crippen LogP contribution in [0.2, 0.25) is 5.02 Å². The van der Waals surface area contributed by atoms with E-state index in [0.29, 0.717) is 10.6 Å². The monoisotopic (exact) mass is 425 g/mol. The van der Waals surface area contributed by atoms with Crippen molar-refractivity contribution in [1.29, 1.82) is 0 Å². The maximum atomic E-state index is 13.7. The van der Waals surface area contributed by atoms with Gasteiger partial charge in [0.1, 0.15) is 16.4 Å². The van der Waals surface area contributed by atoms with Crippen molar-refractivity contribution < 1.29 is 28.2 Å². The summed E-state index contributed by atoms with van der Waals surface area (Å²) in [6.45, 7) is 1.28. The van der Waals surface area contributed by atoms with E-state index >= 15 is 0 Å². The molecule has 3 rings (SSSR count). The Kier molecular flexibility index (Phi) is 6.31. The van der Waals surface area contributed by atoms with Gasteiger partial charge in [-0.1, -0.05) is 17.7 Å². The van der Waals surface area contributed by atoms with Crippen molar-refractivity contribution in [2.24, 2.45) is 0 Å². The number of hydrogen-bond donors (Lipinski definition) is 1. The minimum atomic E-state index is -1.04. The zero-order valence-corrected chi connectivity index (χ0v) is 16.5. The summed E-state index contributed by atoms with van der Waals surface area (Å²) < 4.78 is 23.7. The number of benzene rings is 1. The molecule has 0 radical (unpaired) electrons. The molecule has 0 atom stereocenters. The molecule has 0 spiro atoms. The highest BCUT2D eigenvalue weighted by Crippen LogP contribution is 2.39. The van der Waals surface area contributed by atoms with Crippen LogP contribution in [-0.2, 0) is 27.1 Å². The molecule has 0 bridgehead atoms. The number of fused-ring (bicyclic) bond motifs is 1. The first-order chi connectivity index (χ1) is 13.4. The fraction of sp³-hybridized carbons (Fsp3) is 0.316. The summed E-state index contributed by atoms with van der Waals surface area (Å²) in [4.78, 5) is 37.6. The van der Waals surface area contributed by atoms with E-state index in [1.54, 1.807) is 6.92 Å². The van der Waals surface area contributed by atoms with Gasteiger partial charge in [0.25, 0.3) is 5.91 Å². The van der Waals surface area contributed by atoms with Gasteiger partial charge in [0.2, 0.25) is 0 Å². The van der Waals surface area contributed by atoms with Gasteiger partial charge in [0, 0.05) is 4.88 Å². The number of rotatable bonds is 6. The summed E-state index contributed by atoms with van der Waals surface area (Å²) in [5.41, 5.74) is 0.823. The molecule has 2 aromatic rings. The largest absolute Gasteiger partial charge is 0.462 e. The van der Waals surface area contributed by atoms with Crippen LogP contribution in [0.5, 0.6) is 0 Å². The number of aryl methyl sites for hydroxylation is 1. The fourth-order valence-electron chi connectivity index (χ4n) is 2.97. The Morgan fingerprint density at radius 2 is 1.93 bits per heavy atom. The van der Waals surface area contributed by atoms with Crippen LogP contribution in [0.25, 0.3) is 0 Å². The number of nitrogens with one attached hydrogen (secondary N) is 1. The lowest BCUT2D eigenvalue weighted by Crippen LogP contribution is -2.22. The van der Waals surface area contributed by atoms with Gasteiger partial charge >= 0.3 is 11.9 Å². The Balaban J connectivity index is 1.69. The fourth-order valence-corrected chi connectivity index (χ4v) is 4.50. The van der Waals surface area contributed by atoms with E-state index in [4.69, 9.17) is 21.1 Å². The predicted octanol–water partition coefficient (Wildman–Crippen LogP) is 4.00. The number of hydrogen-bond acceptors (Lipinski definition) is 6. The minimum Gasteiger partial charge on any atom is -0.462 e. The van der Waals surface area contributed by atoms with Gasteiger partial charge in [-0.2, -0.15) is 0 Å². The third-order valence-electron chi connectivity index (χ3n) is 4.16. The smallest absolute Gasteiger partial charge is 0.343 e. The molecular formula is C19H17ClFNO5S. The van der Waals surface area contributed by atoms with Crippen molar-refractivity contribution in [3.63, 3.8) is 0 Å². The van der Waals surface area contributed by atoms with E-state index in [0.717, 1.165) is 35.8 Å². The highest BCUT2D eigenvalue weighted by atomic mass is 35.5. The van der Waals surface area contributed by atoms with E-state index < -0.39 is 35.8 Å². The van der Waals surface area contributed by atoms with Crippen LogP contribution < -0.4 is 5.32 Å². The second-order valence-electron chi connectivity index (χ2n) is 6.00. The molecule has 1 aromatic heterocycles. The normalized spacial score (nSPS) is 12.4. The Labute approximate surface area is 169 Å². The van der Waals surface area contributed by atoms with E-state index in [2.05, 4.69) is 5.32 Å². The number of carbonyl (C=O) groups excluding carboxylic acids is 3. The van der Waals surface area contributed by atoms with Crippen LogP contribution >= 0.6 is 22.9 Å². The molecule has 6 nitrogen and oxygen atoms in total. The quantitative estimate of drug-likeness (QED) is 0.707. The van der Waals surface area contributed by atoms with E-state index in [1.165, 1.54) is 23.5 Å². The molecule has 1 aliphatic rings. The highest BCUT2D eigenvalue weighted by molar-refractivity contribution is 7.17. The van der Waals surface area contributed by atoms with Crippen molar-refractivity contribution in [1.82, 2.24) is 0 Å². The van der Waals surface area contributed by atoms with Crippen LogP contribution in [0.15, 0.2) is 18.2 Å². The van der Waals surface area contributed by atoms with Gasteiger partial charge in [0.05, 0.1) is 17.2 Å². The molecule has 0 unspecified atom stereocenters. The lowest BCUT2D eigenvalue weighted by molar-refractivity contribution is -0.119. The Morgan fingerprint density at radius 3 is 2.64 bits per heavy atom. The van der Waals surface area contributed by atoms with Gasteiger partial charge in [-0.05, 0) is 43.9 Å². The summed E-state index contributed by atoms with van der Waals surface area (Å²) >= 11 is 7.12. The highest BCUT2D eigenvalue weighted by Gasteiger charge is 2.28. The Morgan fingerprint density at radius 1 is 1.18 bits per heavy atom. The number of halogens is 2. The lowest BCUT2D eigenvalue weighted by Gasteiger charge is -2.09. The molecular weight excluding hydrogens is 409 g/mol. The SMILES string of the molecule is CCOC(=O)c1c(NC(=O)COC(=O)c2c(F)cccc2Cl)sc2c1CCC2. The second kappa shape index (κ2) is 8.70. The van der Waals surface area contributed by atoms with Crippen molar-refractivity contribution in [3.8, 4) is 0 Å². The van der Waals surface area contributed by atoms with Crippen LogP contribution in [0.3, 0.4) is 0 Å². The van der Waals surface area contributed by atoms with E-state index in [-0.39, 0.29) is 11.6 Å². The van der Waals surface area contributed by atoms with Crippen LogP contribution in [0.1, 0.15) is 44.5 Å². The summed E-state index contributed by atoms with van der Waals surface area (Å²) in [6, 6.07) is 3.77. The number of carbonyl (C=O) groups is 3. The first-order valence-electron chi connectivity index (χ1n) is 8.65. The van der Waals surface area contributed by atoms with Gasteiger partial charge in [0.15, 0.2) is 6.61 Å². The molecule has 148 valence electrons. The molecule has 1 amide bonds. The van der Waals surface area contributed by atoms with Crippen LogP contribution in [0, 0.1) is 5.82 Å². The molecule has 1 N–H and O–H groups in total. The van der Waals surface area contributed by atoms with Crippen LogP contribution in [0.4, 0.5) is 9.39 Å². The number of anilines is 1. The summed E-state index contributed by atoms with van der Waals surface area (Å²) in [5, 5.41) is 2.85. The maximum absolute atomic E-state index is 13.7. The third kappa shape index (κ3) is 4.18. The second-order valence-corrected chi connectivity index (χ2v) is 7.52. The standard InChI is InChI=1S/C19H17ClFNO5S/c1-2-26-18(24)15-10-5-3-8-13(10)28-17(15)22-14(23)9-27-19(25)16-11(20)6-4-7-12(16)21/h4,6-7H,2-3,5,8-9H2,1H3,(H,22,23). The van der Waals surface area contributed by atoms with Gasteiger partial charge in [-0.15, -0.1) is 11.3 Å². The third-order valence-corrected chi connectivity index (χ3v) is 5.68. The van der Waals surface area contributed by atoms with Crippen molar-refractivity contribution in [3.05, 3.63) is 50.6 Å². The lowest BCUT2D eigenvalue weighted by atomic mass is 10.1. The maximum Gasteiger partial charge on any atom is 0.343 e. The molecule has 1 heterocycles. The van der Waals surface area contributed by atoms with Crippen molar-refractivity contribution >= 4 is 45.8 Å². The molecule has 1 aromatic carbocycles. The zero-order chi connectivity index (χ0) is 20.3. The summed E-state index contributed by atoms with van der Waals surface area (Å²) in [5.74, 6) is -3.02. The summed E-state index contributed by atoms with van der Waals surface area (Å²) in [6.07, 6.45) is 2.53. The molecule has 1 aliphatic carbocycles. The van der Waals surface area contributed by atoms with Crippen molar-refractivity contribution in [2.75, 3.05) is 18.5 Å². The van der Waals surface area contributed by atoms with Gasteiger partial charge in [-0.25, -0.2) is 14.0 Å². The number of ether oxygens (including phenoxy) is 2. The molecule has 0 saturated carbocycles. The Hall–Kier alpha value is -2.45. The zero-order valence-electron chi connectivity index (χ0n) is 15.0. The first-order valence-corrected chi connectivity index (χ1v) is 9.84. The van der Waals surface area contributed by atoms with Crippen LogP contribution in [-0.4, -0.2) is 31.1 Å². The predicted molar refractivity (Wildman–Crippen MR) is 103 cm³/mol. The van der Waals surface area contributed by atoms with Gasteiger partial charge in [-0.3, -0.25) is 4.79 Å². The average Bonchev–Trinajstić information content (AvgIpc) is 3.20. The molecule has 0 saturated heterocycles. The Bertz CT molecular complexity index is 922. The molecule has 0 fully saturated rings. The number of esters is 2. The first kappa shape index (κ1) is 20.3. The number of thiophene rings is 1. The average molecular weight is 426 g/mol. The summed E-state index contributed by atoms with van der Waals surface area (Å²) in [7, 11) is 0. The molecule has 0 aliphatic heterocycles.